The van der Waals surface area contributed by atoms with Crippen LogP contribution in [0.1, 0.15) is 17.7 Å². The van der Waals surface area contributed by atoms with Crippen LogP contribution in [0, 0.1) is 19.8 Å². The van der Waals surface area contributed by atoms with E-state index in [0.29, 0.717) is 12.3 Å². The van der Waals surface area contributed by atoms with Crippen molar-refractivity contribution in [2.75, 3.05) is 6.54 Å². The van der Waals surface area contributed by atoms with Gasteiger partial charge in [-0.05, 0) is 25.5 Å². The highest BCUT2D eigenvalue weighted by Gasteiger charge is 2.23. The number of amides is 1. The predicted molar refractivity (Wildman–Crippen MR) is 70.5 cm³/mol. The molecule has 5 heteroatoms. The van der Waals surface area contributed by atoms with E-state index in [9.17, 15) is 4.79 Å². The second-order valence-electron chi connectivity index (χ2n) is 5.13. The zero-order valence-corrected chi connectivity index (χ0v) is 11.1. The number of nitrogens with zero attached hydrogens (tertiary/aromatic N) is 2. The molecule has 1 aliphatic rings. The van der Waals surface area contributed by atoms with Crippen LogP contribution in [0.15, 0.2) is 22.9 Å². The number of nitrogens with one attached hydrogen (secondary N) is 1. The second kappa shape index (κ2) is 4.57. The van der Waals surface area contributed by atoms with Gasteiger partial charge in [-0.25, -0.2) is 4.98 Å². The van der Waals surface area contributed by atoms with Crippen LogP contribution in [0.5, 0.6) is 0 Å². The molecule has 0 aromatic carbocycles. The molecule has 2 aromatic heterocycles. The molecule has 1 atom stereocenters. The number of hydrogen-bond acceptors (Lipinski definition) is 3. The third-order valence-corrected chi connectivity index (χ3v) is 3.62. The summed E-state index contributed by atoms with van der Waals surface area (Å²) in [5.41, 5.74) is 1.13. The van der Waals surface area contributed by atoms with Crippen molar-refractivity contribution in [3.63, 3.8) is 0 Å². The fourth-order valence-corrected chi connectivity index (χ4v) is 2.44. The van der Waals surface area contributed by atoms with Crippen molar-refractivity contribution in [3.05, 3.63) is 29.8 Å². The minimum atomic E-state index is 0.136. The predicted octanol–water partition coefficient (Wildman–Crippen LogP) is 1.90. The highest BCUT2D eigenvalue weighted by atomic mass is 16.3. The summed E-state index contributed by atoms with van der Waals surface area (Å²) in [7, 11) is 0. The van der Waals surface area contributed by atoms with Crippen LogP contribution in [0.4, 0.5) is 0 Å². The van der Waals surface area contributed by atoms with Gasteiger partial charge in [-0.2, -0.15) is 0 Å². The molecular weight excluding hydrogens is 242 g/mol. The van der Waals surface area contributed by atoms with Crippen LogP contribution in [0.2, 0.25) is 0 Å². The lowest BCUT2D eigenvalue weighted by molar-refractivity contribution is -0.119. The average Bonchev–Trinajstić information content (AvgIpc) is 3.04. The van der Waals surface area contributed by atoms with Gasteiger partial charge in [0.2, 0.25) is 5.91 Å². The Hall–Kier alpha value is -2.04. The fraction of sp³-hybridized carbons (Fsp3) is 0.429. The molecule has 0 radical (unpaired) electrons. The van der Waals surface area contributed by atoms with Crippen molar-refractivity contribution in [2.45, 2.75) is 26.8 Å². The van der Waals surface area contributed by atoms with Gasteiger partial charge in [0.1, 0.15) is 5.76 Å². The number of aromatic nitrogens is 2. The molecule has 100 valence electrons. The lowest BCUT2D eigenvalue weighted by Gasteiger charge is -2.10. The Kier molecular flexibility index (Phi) is 2.89. The Morgan fingerprint density at radius 2 is 2.37 bits per heavy atom. The number of aryl methyl sites for hydroxylation is 2. The Bertz CT molecular complexity index is 592. The van der Waals surface area contributed by atoms with Gasteiger partial charge in [-0.15, -0.1) is 0 Å². The molecule has 1 fully saturated rings. The van der Waals surface area contributed by atoms with Crippen molar-refractivity contribution >= 4 is 5.91 Å². The first-order valence-corrected chi connectivity index (χ1v) is 6.48. The van der Waals surface area contributed by atoms with Crippen LogP contribution < -0.4 is 5.32 Å². The Balaban J connectivity index is 1.84. The summed E-state index contributed by atoms with van der Waals surface area (Å²) < 4.78 is 7.78. The Labute approximate surface area is 111 Å². The first kappa shape index (κ1) is 12.0. The largest absolute Gasteiger partial charge is 0.458 e. The van der Waals surface area contributed by atoms with Crippen molar-refractivity contribution in [2.24, 2.45) is 5.92 Å². The van der Waals surface area contributed by atoms with Crippen molar-refractivity contribution in [1.29, 1.82) is 0 Å². The quantitative estimate of drug-likeness (QED) is 0.915. The minimum absolute atomic E-state index is 0.136. The maximum absolute atomic E-state index is 11.2. The number of carbonyl (C=O) groups is 1. The number of rotatable bonds is 3. The number of carbonyl (C=O) groups excluding carboxylic acids is 1. The lowest BCUT2D eigenvalue weighted by Crippen LogP contribution is -2.16. The van der Waals surface area contributed by atoms with Crippen LogP contribution in [-0.2, 0) is 11.3 Å². The summed E-state index contributed by atoms with van der Waals surface area (Å²) in [5.74, 6) is 3.00. The Morgan fingerprint density at radius 1 is 1.53 bits per heavy atom. The molecule has 0 spiro atoms. The smallest absolute Gasteiger partial charge is 0.220 e. The van der Waals surface area contributed by atoms with Crippen molar-refractivity contribution in [3.8, 4) is 11.6 Å². The molecule has 19 heavy (non-hydrogen) atoms. The summed E-state index contributed by atoms with van der Waals surface area (Å²) >= 11 is 0. The van der Waals surface area contributed by atoms with Crippen LogP contribution in [0.25, 0.3) is 11.6 Å². The van der Waals surface area contributed by atoms with E-state index in [1.165, 1.54) is 0 Å². The molecule has 0 aliphatic carbocycles. The molecule has 1 unspecified atom stereocenters. The minimum Gasteiger partial charge on any atom is -0.458 e. The fourth-order valence-electron chi connectivity index (χ4n) is 2.44. The van der Waals surface area contributed by atoms with Gasteiger partial charge in [-0.1, -0.05) is 0 Å². The van der Waals surface area contributed by atoms with Gasteiger partial charge in [0.15, 0.2) is 11.6 Å². The molecule has 3 heterocycles. The molecule has 5 nitrogen and oxygen atoms in total. The third kappa shape index (κ3) is 2.28. The summed E-state index contributed by atoms with van der Waals surface area (Å²) in [4.78, 5) is 15.6. The summed E-state index contributed by atoms with van der Waals surface area (Å²) in [5, 5.41) is 2.86. The van der Waals surface area contributed by atoms with Gasteiger partial charge >= 0.3 is 0 Å². The maximum atomic E-state index is 11.2. The first-order valence-electron chi connectivity index (χ1n) is 6.48. The number of hydrogen-bond donors (Lipinski definition) is 1. The number of imidazole rings is 1. The van der Waals surface area contributed by atoms with E-state index in [-0.39, 0.29) is 5.91 Å². The Morgan fingerprint density at radius 3 is 3.00 bits per heavy atom. The van der Waals surface area contributed by atoms with Crippen LogP contribution in [0.3, 0.4) is 0 Å². The standard InChI is InChI=1S/C14H17N3O2/c1-9-5-12(19-10(9)2)14-15-3-4-17(14)8-11-6-13(18)16-7-11/h3-5,11H,6-8H2,1-2H3,(H,16,18). The second-order valence-corrected chi connectivity index (χ2v) is 5.13. The van der Waals surface area contributed by atoms with Crippen LogP contribution >= 0.6 is 0 Å². The monoisotopic (exact) mass is 259 g/mol. The van der Waals surface area contributed by atoms with Gasteiger partial charge in [0, 0.05) is 37.8 Å². The zero-order chi connectivity index (χ0) is 13.4. The molecule has 3 rings (SSSR count). The summed E-state index contributed by atoms with van der Waals surface area (Å²) in [6.07, 6.45) is 4.30. The lowest BCUT2D eigenvalue weighted by atomic mass is 10.1. The van der Waals surface area contributed by atoms with Gasteiger partial charge < -0.3 is 14.3 Å². The molecular formula is C14H17N3O2. The van der Waals surface area contributed by atoms with E-state index in [2.05, 4.69) is 14.9 Å². The highest BCUT2D eigenvalue weighted by Crippen LogP contribution is 2.25. The summed E-state index contributed by atoms with van der Waals surface area (Å²) in [6.45, 7) is 5.50. The molecule has 1 saturated heterocycles. The molecule has 1 N–H and O–H groups in total. The van der Waals surface area contributed by atoms with Gasteiger partial charge in [0.25, 0.3) is 0 Å². The molecule has 2 aromatic rings. The molecule has 1 aliphatic heterocycles. The maximum Gasteiger partial charge on any atom is 0.220 e. The molecule has 0 saturated carbocycles. The van der Waals surface area contributed by atoms with E-state index >= 15 is 0 Å². The third-order valence-electron chi connectivity index (χ3n) is 3.62. The van der Waals surface area contributed by atoms with Gasteiger partial charge in [-0.3, -0.25) is 4.79 Å². The van der Waals surface area contributed by atoms with Crippen molar-refractivity contribution < 1.29 is 9.21 Å². The first-order chi connectivity index (χ1) is 9.13. The van der Waals surface area contributed by atoms with Crippen molar-refractivity contribution in [1.82, 2.24) is 14.9 Å². The topological polar surface area (TPSA) is 60.1 Å². The van der Waals surface area contributed by atoms with Gasteiger partial charge in [0.05, 0.1) is 0 Å². The van der Waals surface area contributed by atoms with E-state index < -0.39 is 0 Å². The van der Waals surface area contributed by atoms with E-state index in [1.807, 2.05) is 26.1 Å². The van der Waals surface area contributed by atoms with E-state index in [1.54, 1.807) is 6.20 Å². The normalized spacial score (nSPS) is 18.8. The average molecular weight is 259 g/mol. The molecule has 1 amide bonds. The van der Waals surface area contributed by atoms with Crippen LogP contribution in [-0.4, -0.2) is 22.0 Å². The van der Waals surface area contributed by atoms with E-state index in [4.69, 9.17) is 4.42 Å². The number of furan rings is 1. The summed E-state index contributed by atoms with van der Waals surface area (Å²) in [6, 6.07) is 2.01. The zero-order valence-electron chi connectivity index (χ0n) is 11.1. The highest BCUT2D eigenvalue weighted by molar-refractivity contribution is 5.78. The van der Waals surface area contributed by atoms with E-state index in [0.717, 1.165) is 36.0 Å². The molecule has 0 bridgehead atoms. The SMILES string of the molecule is Cc1cc(-c2nccn2CC2CNC(=O)C2)oc1C.